The Morgan fingerprint density at radius 1 is 0.729 bits per heavy atom. The number of allylic oxidation sites excluding steroid dienone is 1. The van der Waals surface area contributed by atoms with E-state index in [-0.39, 0.29) is 95.4 Å². The molecule has 107 heavy (non-hydrogen) atoms. The Labute approximate surface area is 656 Å². The normalized spacial score (nSPS) is 37.2. The summed E-state index contributed by atoms with van der Waals surface area (Å²) < 4.78 is 107. The minimum absolute atomic E-state index is 0.0137. The molecule has 2 aromatic rings. The van der Waals surface area contributed by atoms with E-state index in [9.17, 15) is 4.79 Å². The molecule has 8 fully saturated rings. The number of rotatable bonds is 30. The third kappa shape index (κ3) is 18.8. The third-order valence-corrected chi connectivity index (χ3v) is 52.2. The number of alkyl halides is 1. The van der Waals surface area contributed by atoms with Gasteiger partial charge in [-0.15, -0.1) is 6.58 Å². The second kappa shape index (κ2) is 35.0. The van der Waals surface area contributed by atoms with Crippen molar-refractivity contribution in [1.82, 2.24) is 0 Å². The summed E-state index contributed by atoms with van der Waals surface area (Å²) in [7, 11) is -5.40. The molecule has 19 heteroatoms. The molecule has 0 N–H and O–H groups in total. The van der Waals surface area contributed by atoms with Crippen LogP contribution in [-0.4, -0.2) is 186 Å². The van der Waals surface area contributed by atoms with Gasteiger partial charge in [0.15, 0.2) is 0 Å². The molecule has 600 valence electrons. The van der Waals surface area contributed by atoms with Crippen LogP contribution in [0.25, 0.3) is 0 Å². The number of esters is 1. The van der Waals surface area contributed by atoms with Gasteiger partial charge in [-0.1, -0.05) is 121 Å². The summed E-state index contributed by atoms with van der Waals surface area (Å²) in [5.74, 6) is -0.817. The van der Waals surface area contributed by atoms with Crippen LogP contribution in [-0.2, 0) is 70.5 Å². The quantitative estimate of drug-likeness (QED) is 0.0182. The van der Waals surface area contributed by atoms with Crippen LogP contribution in [0, 0.1) is 5.92 Å². The van der Waals surface area contributed by atoms with E-state index in [1.165, 1.54) is 67.8 Å². The van der Waals surface area contributed by atoms with Crippen LogP contribution in [0.2, 0.25) is 40.9 Å². The molecule has 0 radical (unpaired) electrons. The number of benzene rings is 2. The Morgan fingerprint density at radius 2 is 1.38 bits per heavy atom. The van der Waals surface area contributed by atoms with Gasteiger partial charge in [0.25, 0.3) is 8.32 Å². The summed E-state index contributed by atoms with van der Waals surface area (Å²) >= 11 is 3.81. The summed E-state index contributed by atoms with van der Waals surface area (Å²) in [6, 6.07) is 21.6. The van der Waals surface area contributed by atoms with Gasteiger partial charge in [-0.3, -0.25) is 0 Å². The van der Waals surface area contributed by atoms with Crippen LogP contribution in [0.15, 0.2) is 109 Å². The number of hydrogen-bond donors (Lipinski definition) is 0. The zero-order chi connectivity index (χ0) is 77.2. The maximum atomic E-state index is 14.0. The molecule has 8 saturated heterocycles. The van der Waals surface area contributed by atoms with E-state index in [4.69, 9.17) is 83.9 Å². The van der Waals surface area contributed by atoms with Crippen molar-refractivity contribution in [3.63, 3.8) is 0 Å². The molecule has 0 saturated carbocycles. The van der Waals surface area contributed by atoms with Gasteiger partial charge < -0.3 is 32.8 Å². The molecule has 9 aliphatic rings. The summed E-state index contributed by atoms with van der Waals surface area (Å²) in [5, 5.41) is 2.13. The second-order valence-electron chi connectivity index (χ2n) is 37.7. The van der Waals surface area contributed by atoms with E-state index in [0.29, 0.717) is 58.2 Å². The minimum atomic E-state index is -2.89. The number of fused-ring (bicyclic) bond motifs is 7. The fourth-order valence-electron chi connectivity index (χ4n) is 19.8. The summed E-state index contributed by atoms with van der Waals surface area (Å²) in [6.07, 6.45) is 17.4. The fourth-order valence-corrected chi connectivity index (χ4v) is 40.9. The van der Waals surface area contributed by atoms with Crippen LogP contribution in [0.5, 0.6) is 0 Å². The second-order valence-corrected chi connectivity index (χ2v) is 61.1. The van der Waals surface area contributed by atoms with E-state index in [1.807, 2.05) is 12.3 Å². The first-order chi connectivity index (χ1) is 50.6. The maximum absolute atomic E-state index is 14.0. The van der Waals surface area contributed by atoms with Gasteiger partial charge in [0.1, 0.15) is 6.10 Å². The number of hydrogen-bond acceptors (Lipinski definition) is 15. The molecule has 1 unspecified atom stereocenters. The van der Waals surface area contributed by atoms with Crippen LogP contribution in [0.4, 0.5) is 0 Å². The van der Waals surface area contributed by atoms with Gasteiger partial charge >= 0.3 is 326 Å². The number of halogens is 1. The molecule has 15 nitrogen and oxygen atoms in total. The van der Waals surface area contributed by atoms with Crippen molar-refractivity contribution < 1.29 is 70.5 Å². The van der Waals surface area contributed by atoms with E-state index in [2.05, 4.69) is 203 Å². The Balaban J connectivity index is 0.870. The average molecular weight is 1650 g/mol. The average Bonchev–Trinajstić information content (AvgIpc) is 1.72. The SMILES string of the molecule is C=CC[C@]1(C)O[C@@H]2C[C@@H]3O[C@@H]4[C@H](C)C[C@@H]5O[C@@H]6C[C@@H]7OCC=C(C)[C@H]7O[C@@]6(C)C[C@H]5O[C@H]4CC[C@@]3(C)O[C@@]2(C)C[C@H]1OC(C[C@H]1O[C@@]2(C)[C@@H](O[Si](C)(C)C(C)(C)C)C[C@@H](CC(=C)CO[Si](c3ccccc3)(c3ccccc3)C(C)(C)C)O[C@@H]2C[C@@H]1O/C=C\[CH2][Sn]([CH2]CCC)([CH2]CCC)[CH2]CCC)OC(=O)CCl. The first-order valence-electron chi connectivity index (χ1n) is 41.7. The van der Waals surface area contributed by atoms with Crippen molar-refractivity contribution in [1.29, 1.82) is 0 Å². The molecular weight excluding hydrogens is 1510 g/mol. The molecule has 0 spiro atoms. The standard InChI is InChI=1S/C76H112ClO15Si2.3C4H9.Sn/c1-19-33-72(12)65(45-75(15)62(89-72)43-61-73(13,92-75)34-31-54-68(86-61)50(5)38-56-59(83-54)44-74(14)60(84-56)41-58-69(90-74)49(4)32-36-80-58)85-67(87-66(78)46-77)42-57-55(79-35-20-2)40-63-76(16,88-57)64(91-93(17,18)70(6,7)8)39-51(82-63)37-48(3)47-81-94(71(9,10)11,52-27-23-21-24-28-52)53-29-25-22-26-30-53;3*1-3-4-2;/h19-30,32,35,50-51,54-65,67-69H,1-3,31,33-34,36-47H2,4-18H3;3*1,3-4H2,2H3;/b35-20-;;;;/t50-,51-,54+,55+,56+,57-,58+,59-,60-,61+,62-,63-,64+,65-,67?,68-,69-,72+,73-,74+,75+,76-;;;;/m1..../s1. The third-order valence-electron chi connectivity index (χ3n) is 27.2. The molecular formula is C88H139ClO15Si2Sn. The van der Waals surface area contributed by atoms with Crippen molar-refractivity contribution in [3.05, 3.63) is 109 Å². The van der Waals surface area contributed by atoms with Crippen molar-refractivity contribution >= 4 is 63.0 Å². The van der Waals surface area contributed by atoms with Crippen molar-refractivity contribution in [3.8, 4) is 0 Å². The molecule has 0 bridgehead atoms. The Bertz CT molecular complexity index is 3270. The summed E-state index contributed by atoms with van der Waals surface area (Å²) in [4.78, 5) is 14.0. The zero-order valence-electron chi connectivity index (χ0n) is 69.0. The molecule has 0 aromatic heterocycles. The van der Waals surface area contributed by atoms with Gasteiger partial charge in [-0.05, 0) is 73.9 Å². The molecule has 22 atom stereocenters. The summed E-state index contributed by atoms with van der Waals surface area (Å²) in [6.45, 7) is 50.9. The first kappa shape index (κ1) is 85.6. The first-order valence-corrected chi connectivity index (χ1v) is 55.1. The van der Waals surface area contributed by atoms with E-state index >= 15 is 0 Å². The van der Waals surface area contributed by atoms with Crippen molar-refractivity contribution in [2.45, 2.75) is 393 Å². The zero-order valence-corrected chi connectivity index (χ0v) is 74.6. The molecule has 9 heterocycles. The van der Waals surface area contributed by atoms with E-state index in [1.54, 1.807) is 0 Å². The molecule has 0 aliphatic carbocycles. The van der Waals surface area contributed by atoms with Crippen LogP contribution >= 0.6 is 11.6 Å². The Hall–Kier alpha value is -2.29. The predicted molar refractivity (Wildman–Crippen MR) is 435 cm³/mol. The van der Waals surface area contributed by atoms with Gasteiger partial charge in [-0.25, -0.2) is 0 Å². The van der Waals surface area contributed by atoms with Crippen LogP contribution < -0.4 is 10.4 Å². The Morgan fingerprint density at radius 3 is 2.00 bits per heavy atom. The number of carbonyl (C=O) groups is 1. The van der Waals surface area contributed by atoms with E-state index < -0.39 is 99.7 Å². The van der Waals surface area contributed by atoms with Crippen molar-refractivity contribution in [2.24, 2.45) is 5.92 Å². The molecule has 11 rings (SSSR count). The predicted octanol–water partition coefficient (Wildman–Crippen LogP) is 18.7. The topological polar surface area (TPSA) is 146 Å². The fraction of sp³-hybridized carbons (Fsp3) is 0.761. The van der Waals surface area contributed by atoms with Crippen molar-refractivity contribution in [2.75, 3.05) is 19.1 Å². The van der Waals surface area contributed by atoms with E-state index in [0.717, 1.165) is 35.7 Å². The summed E-state index contributed by atoms with van der Waals surface area (Å²) in [5.41, 5.74) is -1.77. The monoisotopic (exact) mass is 1650 g/mol. The molecule has 0 amide bonds. The number of unbranched alkanes of at least 4 members (excludes halogenated alkanes) is 3. The molecule has 2 aromatic carbocycles. The Kier molecular flexibility index (Phi) is 28.0. The van der Waals surface area contributed by atoms with Gasteiger partial charge in [0.05, 0.1) is 66.6 Å². The van der Waals surface area contributed by atoms with Crippen LogP contribution in [0.3, 0.4) is 0 Å². The number of carbonyl (C=O) groups excluding carboxylic acids is 1. The van der Waals surface area contributed by atoms with Gasteiger partial charge in [0, 0.05) is 19.3 Å². The molecule has 9 aliphatic heterocycles. The van der Waals surface area contributed by atoms with Gasteiger partial charge in [0.2, 0.25) is 0 Å². The van der Waals surface area contributed by atoms with Crippen LogP contribution in [0.1, 0.15) is 226 Å². The van der Waals surface area contributed by atoms with Gasteiger partial charge in [-0.2, -0.15) is 0 Å². The number of ether oxygens (including phenoxy) is 12.